The second kappa shape index (κ2) is 9.71. The monoisotopic (exact) mass is 373 g/mol. The Morgan fingerprint density at radius 1 is 0.778 bits per heavy atom. The van der Waals surface area contributed by atoms with Gasteiger partial charge in [-0.15, -0.1) is 0 Å². The van der Waals surface area contributed by atoms with E-state index in [9.17, 15) is 4.79 Å². The zero-order valence-electron chi connectivity index (χ0n) is 16.6. The minimum Gasteiger partial charge on any atom is -0.493 e. The first-order chi connectivity index (χ1) is 13.0. The predicted molar refractivity (Wildman–Crippen MR) is 104 cm³/mol. The van der Waals surface area contributed by atoms with E-state index >= 15 is 0 Å². The minimum atomic E-state index is 0.0442. The van der Waals surface area contributed by atoms with Crippen LogP contribution in [0.4, 0.5) is 0 Å². The van der Waals surface area contributed by atoms with Gasteiger partial charge in [0.15, 0.2) is 23.0 Å². The molecule has 27 heavy (non-hydrogen) atoms. The summed E-state index contributed by atoms with van der Waals surface area (Å²) in [5, 5.41) is 0. The molecule has 6 heteroatoms. The molecule has 0 spiro atoms. The average Bonchev–Trinajstić information content (AvgIpc) is 2.71. The van der Waals surface area contributed by atoms with Gasteiger partial charge in [-0.1, -0.05) is 12.1 Å². The fourth-order valence-corrected chi connectivity index (χ4v) is 2.76. The molecule has 2 rings (SSSR count). The number of ether oxygens (including phenoxy) is 4. The van der Waals surface area contributed by atoms with Gasteiger partial charge in [0.05, 0.1) is 34.9 Å². The molecule has 0 aliphatic rings. The van der Waals surface area contributed by atoms with Crippen molar-refractivity contribution in [1.82, 2.24) is 4.90 Å². The maximum Gasteiger partial charge on any atom is 0.226 e. The molecule has 0 fully saturated rings. The highest BCUT2D eigenvalue weighted by molar-refractivity contribution is 5.78. The fraction of sp³-hybridized carbons (Fsp3) is 0.381. The highest BCUT2D eigenvalue weighted by atomic mass is 16.5. The van der Waals surface area contributed by atoms with Gasteiger partial charge < -0.3 is 23.8 Å². The lowest BCUT2D eigenvalue weighted by Gasteiger charge is -2.18. The van der Waals surface area contributed by atoms with Crippen molar-refractivity contribution in [1.29, 1.82) is 0 Å². The van der Waals surface area contributed by atoms with Gasteiger partial charge in [-0.25, -0.2) is 0 Å². The number of carbonyl (C=O) groups excluding carboxylic acids is 1. The number of nitrogens with zero attached hydrogens (tertiary/aromatic N) is 1. The molecular formula is C21H27NO5. The second-order valence-corrected chi connectivity index (χ2v) is 6.12. The van der Waals surface area contributed by atoms with Gasteiger partial charge in [0.1, 0.15) is 0 Å². The minimum absolute atomic E-state index is 0.0442. The summed E-state index contributed by atoms with van der Waals surface area (Å²) in [5.74, 6) is 2.70. The molecule has 0 saturated heterocycles. The number of rotatable bonds is 9. The molecule has 0 heterocycles. The number of amides is 1. The van der Waals surface area contributed by atoms with Gasteiger partial charge in [0.2, 0.25) is 5.91 Å². The number of methoxy groups -OCH3 is 4. The number of benzene rings is 2. The van der Waals surface area contributed by atoms with Crippen LogP contribution in [0.1, 0.15) is 11.1 Å². The molecule has 0 aliphatic heterocycles. The zero-order chi connectivity index (χ0) is 19.8. The Balaban J connectivity index is 1.96. The summed E-state index contributed by atoms with van der Waals surface area (Å²) in [6.45, 7) is 0.613. The van der Waals surface area contributed by atoms with E-state index in [0.29, 0.717) is 36.0 Å². The van der Waals surface area contributed by atoms with E-state index in [-0.39, 0.29) is 5.91 Å². The Morgan fingerprint density at radius 3 is 1.78 bits per heavy atom. The molecule has 0 radical (unpaired) electrons. The number of likely N-dealkylation sites (N-methyl/N-ethyl adjacent to an activating group) is 1. The highest BCUT2D eigenvalue weighted by Crippen LogP contribution is 2.28. The molecule has 0 aliphatic carbocycles. The van der Waals surface area contributed by atoms with Crippen molar-refractivity contribution in [3.8, 4) is 23.0 Å². The van der Waals surface area contributed by atoms with E-state index in [0.717, 1.165) is 17.5 Å². The van der Waals surface area contributed by atoms with Crippen LogP contribution in [-0.2, 0) is 17.6 Å². The summed E-state index contributed by atoms with van der Waals surface area (Å²) in [4.78, 5) is 14.3. The summed E-state index contributed by atoms with van der Waals surface area (Å²) < 4.78 is 21.1. The largest absolute Gasteiger partial charge is 0.493 e. The van der Waals surface area contributed by atoms with Crippen LogP contribution in [0, 0.1) is 0 Å². The van der Waals surface area contributed by atoms with E-state index in [1.807, 2.05) is 43.4 Å². The lowest BCUT2D eigenvalue weighted by atomic mass is 10.1. The molecular weight excluding hydrogens is 346 g/mol. The second-order valence-electron chi connectivity index (χ2n) is 6.12. The van der Waals surface area contributed by atoms with Gasteiger partial charge in [-0.2, -0.15) is 0 Å². The summed E-state index contributed by atoms with van der Waals surface area (Å²) >= 11 is 0. The maximum atomic E-state index is 12.5. The molecule has 0 saturated carbocycles. The van der Waals surface area contributed by atoms with Crippen LogP contribution in [0.3, 0.4) is 0 Å². The predicted octanol–water partition coefficient (Wildman–Crippen LogP) is 2.96. The van der Waals surface area contributed by atoms with Crippen LogP contribution >= 0.6 is 0 Å². The van der Waals surface area contributed by atoms with Crippen molar-refractivity contribution in [2.24, 2.45) is 0 Å². The summed E-state index contributed by atoms with van der Waals surface area (Å²) in [6.07, 6.45) is 1.04. The molecule has 0 unspecified atom stereocenters. The number of hydrogen-bond donors (Lipinski definition) is 0. The zero-order valence-corrected chi connectivity index (χ0v) is 16.6. The lowest BCUT2D eigenvalue weighted by molar-refractivity contribution is -0.129. The van der Waals surface area contributed by atoms with E-state index in [4.69, 9.17) is 18.9 Å². The van der Waals surface area contributed by atoms with Crippen molar-refractivity contribution < 1.29 is 23.7 Å². The van der Waals surface area contributed by atoms with Crippen LogP contribution in [0.2, 0.25) is 0 Å². The van der Waals surface area contributed by atoms with Gasteiger partial charge in [0.25, 0.3) is 0 Å². The molecule has 2 aromatic rings. The standard InChI is InChI=1S/C21H27NO5/c1-22(11-10-15-6-8-17(24-2)19(12-15)26-4)21(23)14-16-7-9-18(25-3)20(13-16)27-5/h6-9,12-13H,10-11,14H2,1-5H3. The van der Waals surface area contributed by atoms with Crippen molar-refractivity contribution >= 4 is 5.91 Å². The van der Waals surface area contributed by atoms with Crippen LogP contribution < -0.4 is 18.9 Å². The van der Waals surface area contributed by atoms with Crippen LogP contribution in [-0.4, -0.2) is 52.8 Å². The summed E-state index contributed by atoms with van der Waals surface area (Å²) in [7, 11) is 8.20. The molecule has 6 nitrogen and oxygen atoms in total. The first kappa shape index (κ1) is 20.4. The fourth-order valence-electron chi connectivity index (χ4n) is 2.76. The Bertz CT molecular complexity index is 775. The molecule has 0 aromatic heterocycles. The molecule has 2 aromatic carbocycles. The first-order valence-electron chi connectivity index (χ1n) is 8.68. The van der Waals surface area contributed by atoms with E-state index < -0.39 is 0 Å². The lowest BCUT2D eigenvalue weighted by Crippen LogP contribution is -2.30. The van der Waals surface area contributed by atoms with Gasteiger partial charge in [-0.05, 0) is 41.8 Å². The van der Waals surface area contributed by atoms with Crippen molar-refractivity contribution in [3.63, 3.8) is 0 Å². The highest BCUT2D eigenvalue weighted by Gasteiger charge is 2.13. The van der Waals surface area contributed by atoms with Crippen molar-refractivity contribution in [3.05, 3.63) is 47.5 Å². The Hall–Kier alpha value is -2.89. The smallest absolute Gasteiger partial charge is 0.226 e. The van der Waals surface area contributed by atoms with Gasteiger partial charge in [0, 0.05) is 13.6 Å². The van der Waals surface area contributed by atoms with E-state index in [1.54, 1.807) is 33.3 Å². The average molecular weight is 373 g/mol. The molecule has 1 amide bonds. The van der Waals surface area contributed by atoms with Crippen LogP contribution in [0.5, 0.6) is 23.0 Å². The topological polar surface area (TPSA) is 57.2 Å². The Labute approximate surface area is 160 Å². The first-order valence-corrected chi connectivity index (χ1v) is 8.68. The van der Waals surface area contributed by atoms with Crippen molar-refractivity contribution in [2.75, 3.05) is 42.0 Å². The maximum absolute atomic E-state index is 12.5. The van der Waals surface area contributed by atoms with Gasteiger partial charge >= 0.3 is 0 Å². The Kier molecular flexibility index (Phi) is 7.34. The summed E-state index contributed by atoms with van der Waals surface area (Å²) in [6, 6.07) is 11.3. The summed E-state index contributed by atoms with van der Waals surface area (Å²) in [5.41, 5.74) is 1.97. The van der Waals surface area contributed by atoms with Crippen LogP contribution in [0.15, 0.2) is 36.4 Å². The quantitative estimate of drug-likeness (QED) is 0.676. The number of hydrogen-bond acceptors (Lipinski definition) is 5. The third kappa shape index (κ3) is 5.29. The van der Waals surface area contributed by atoms with E-state index in [1.165, 1.54) is 0 Å². The van der Waals surface area contributed by atoms with E-state index in [2.05, 4.69) is 0 Å². The third-order valence-electron chi connectivity index (χ3n) is 4.41. The Morgan fingerprint density at radius 2 is 1.26 bits per heavy atom. The van der Waals surface area contributed by atoms with Gasteiger partial charge in [-0.3, -0.25) is 4.79 Å². The molecule has 0 atom stereocenters. The normalized spacial score (nSPS) is 10.3. The number of carbonyl (C=O) groups is 1. The molecule has 0 bridgehead atoms. The molecule has 0 N–H and O–H groups in total. The third-order valence-corrected chi connectivity index (χ3v) is 4.41. The van der Waals surface area contributed by atoms with Crippen molar-refractivity contribution in [2.45, 2.75) is 12.8 Å². The SMILES string of the molecule is COc1ccc(CCN(C)C(=O)Cc2ccc(OC)c(OC)c2)cc1OC. The van der Waals surface area contributed by atoms with Crippen LogP contribution in [0.25, 0.3) is 0 Å². The molecule has 146 valence electrons.